The molecule has 6 rings (SSSR count). The summed E-state index contributed by atoms with van der Waals surface area (Å²) in [5.74, 6) is 0.990. The molecule has 0 amide bonds. The number of fused-ring (bicyclic) bond motifs is 2. The molecule has 1 aromatic carbocycles. The van der Waals surface area contributed by atoms with Crippen molar-refractivity contribution < 1.29 is 9.47 Å². The Balaban J connectivity index is 1.58. The summed E-state index contributed by atoms with van der Waals surface area (Å²) in [7, 11) is 1.81. The fraction of sp³-hybridized carbons (Fsp3) is 0.600. The maximum Gasteiger partial charge on any atom is 0.162 e. The molecule has 0 aromatic heterocycles. The van der Waals surface area contributed by atoms with Gasteiger partial charge in [-0.15, -0.1) is 0 Å². The first-order valence-electron chi connectivity index (χ1n) is 9.26. The van der Waals surface area contributed by atoms with Crippen molar-refractivity contribution >= 4 is 5.69 Å². The third-order valence-corrected chi connectivity index (χ3v) is 7.48. The van der Waals surface area contributed by atoms with E-state index in [-0.39, 0.29) is 11.7 Å². The lowest BCUT2D eigenvalue weighted by molar-refractivity contribution is -0.171. The van der Waals surface area contributed by atoms with Crippen LogP contribution in [-0.2, 0) is 14.9 Å². The van der Waals surface area contributed by atoms with Gasteiger partial charge in [-0.25, -0.2) is 0 Å². The zero-order chi connectivity index (χ0) is 15.9. The maximum atomic E-state index is 6.13. The summed E-state index contributed by atoms with van der Waals surface area (Å²) >= 11 is 0. The minimum Gasteiger partial charge on any atom is -0.381 e. The number of hydrogen-bond donors (Lipinski definition) is 1. The van der Waals surface area contributed by atoms with Crippen molar-refractivity contribution in [3.63, 3.8) is 0 Å². The van der Waals surface area contributed by atoms with Crippen molar-refractivity contribution in [2.45, 2.75) is 36.6 Å². The van der Waals surface area contributed by atoms with Crippen molar-refractivity contribution in [2.24, 2.45) is 11.8 Å². The molecule has 4 heterocycles. The van der Waals surface area contributed by atoms with Gasteiger partial charge in [0.05, 0.1) is 6.61 Å². The van der Waals surface area contributed by atoms with Crippen LogP contribution < -0.4 is 5.32 Å². The highest BCUT2D eigenvalue weighted by atomic mass is 16.7. The van der Waals surface area contributed by atoms with Gasteiger partial charge in [0.2, 0.25) is 0 Å². The molecule has 4 heteroatoms. The Kier molecular flexibility index (Phi) is 2.68. The van der Waals surface area contributed by atoms with E-state index in [2.05, 4.69) is 40.6 Å². The Bertz CT molecular complexity index is 732. The second-order valence-corrected chi connectivity index (χ2v) is 8.08. The first-order chi connectivity index (χ1) is 11.8. The topological polar surface area (TPSA) is 33.7 Å². The second-order valence-electron chi connectivity index (χ2n) is 8.08. The molecule has 2 saturated heterocycles. The van der Waals surface area contributed by atoms with Gasteiger partial charge in [-0.3, -0.25) is 4.90 Å². The molecule has 1 aliphatic carbocycles. The van der Waals surface area contributed by atoms with Crippen molar-refractivity contribution in [3.8, 4) is 0 Å². The van der Waals surface area contributed by atoms with Gasteiger partial charge in [-0.1, -0.05) is 29.8 Å². The number of rotatable bonds is 1. The van der Waals surface area contributed by atoms with E-state index in [0.717, 1.165) is 6.54 Å². The standard InChI is InChI=1S/C20H24N2O2/c1-23-19-17-13-10-16-20(7-8-22(16)11-12(13)6-9-24-19)14-4-2-3-5-15(14)21-18(17)20/h2-6,13,16-19,21H,7-11H2,1H3/t13-,16+,17+,18-,19+,20+/m0/s1. The lowest BCUT2D eigenvalue weighted by Crippen LogP contribution is -2.64. The molecular formula is C20H24N2O2. The lowest BCUT2D eigenvalue weighted by atomic mass is 9.55. The smallest absolute Gasteiger partial charge is 0.162 e. The summed E-state index contributed by atoms with van der Waals surface area (Å²) in [5, 5.41) is 3.92. The van der Waals surface area contributed by atoms with Crippen LogP contribution in [0.1, 0.15) is 18.4 Å². The van der Waals surface area contributed by atoms with Crippen LogP contribution >= 0.6 is 0 Å². The molecule has 0 unspecified atom stereocenters. The van der Waals surface area contributed by atoms with Gasteiger partial charge in [0, 0.05) is 42.8 Å². The fourth-order valence-electron chi connectivity index (χ4n) is 6.65. The van der Waals surface area contributed by atoms with Crippen molar-refractivity contribution in [1.29, 1.82) is 0 Å². The molecule has 24 heavy (non-hydrogen) atoms. The number of piperidine rings is 1. The molecule has 4 nitrogen and oxygen atoms in total. The summed E-state index contributed by atoms with van der Waals surface area (Å²) < 4.78 is 12.0. The molecule has 1 N–H and O–H groups in total. The number of benzene rings is 1. The van der Waals surface area contributed by atoms with Crippen LogP contribution in [-0.4, -0.2) is 50.1 Å². The van der Waals surface area contributed by atoms with E-state index in [1.165, 1.54) is 30.6 Å². The van der Waals surface area contributed by atoms with Crippen LogP contribution in [0.25, 0.3) is 0 Å². The van der Waals surface area contributed by atoms with E-state index in [1.807, 2.05) is 0 Å². The summed E-state index contributed by atoms with van der Waals surface area (Å²) in [6, 6.07) is 10.0. The van der Waals surface area contributed by atoms with E-state index >= 15 is 0 Å². The second kappa shape index (κ2) is 4.63. The summed E-state index contributed by atoms with van der Waals surface area (Å²) in [5.41, 5.74) is 4.69. The quantitative estimate of drug-likeness (QED) is 0.804. The predicted octanol–water partition coefficient (Wildman–Crippen LogP) is 2.37. The first-order valence-corrected chi connectivity index (χ1v) is 9.26. The van der Waals surface area contributed by atoms with Crippen LogP contribution in [0.2, 0.25) is 0 Å². The highest BCUT2D eigenvalue weighted by Crippen LogP contribution is 2.62. The van der Waals surface area contributed by atoms with Crippen molar-refractivity contribution in [2.75, 3.05) is 32.1 Å². The molecule has 1 aromatic rings. The average molecular weight is 324 g/mol. The Morgan fingerprint density at radius 2 is 2.25 bits per heavy atom. The number of methoxy groups -OCH3 is 1. The Morgan fingerprint density at radius 3 is 3.17 bits per heavy atom. The van der Waals surface area contributed by atoms with Gasteiger partial charge >= 0.3 is 0 Å². The van der Waals surface area contributed by atoms with Gasteiger partial charge in [0.25, 0.3) is 0 Å². The molecule has 1 spiro atoms. The van der Waals surface area contributed by atoms with E-state index in [1.54, 1.807) is 12.7 Å². The lowest BCUT2D eigenvalue weighted by Gasteiger charge is -2.55. The van der Waals surface area contributed by atoms with Crippen molar-refractivity contribution in [1.82, 2.24) is 4.90 Å². The minimum atomic E-state index is -0.111. The van der Waals surface area contributed by atoms with Gasteiger partial charge in [0.15, 0.2) is 6.29 Å². The molecular weight excluding hydrogens is 300 g/mol. The third-order valence-electron chi connectivity index (χ3n) is 7.48. The van der Waals surface area contributed by atoms with E-state index in [4.69, 9.17) is 9.47 Å². The monoisotopic (exact) mass is 324 g/mol. The van der Waals surface area contributed by atoms with Crippen LogP contribution in [0, 0.1) is 11.8 Å². The van der Waals surface area contributed by atoms with Crippen LogP contribution in [0.5, 0.6) is 0 Å². The number of anilines is 1. The normalized spacial score (nSPS) is 45.0. The van der Waals surface area contributed by atoms with Gasteiger partial charge in [-0.2, -0.15) is 0 Å². The molecule has 0 radical (unpaired) electrons. The van der Waals surface area contributed by atoms with E-state index < -0.39 is 0 Å². The van der Waals surface area contributed by atoms with Crippen LogP contribution in [0.15, 0.2) is 35.9 Å². The Morgan fingerprint density at radius 1 is 1.33 bits per heavy atom. The molecule has 1 saturated carbocycles. The van der Waals surface area contributed by atoms with Gasteiger partial charge in [0.1, 0.15) is 0 Å². The fourth-order valence-corrected chi connectivity index (χ4v) is 6.65. The molecule has 5 aliphatic rings. The molecule has 6 atom stereocenters. The third kappa shape index (κ3) is 1.47. The molecule has 4 aliphatic heterocycles. The number of nitrogens with zero attached hydrogens (tertiary/aromatic N) is 1. The number of hydrogen-bond acceptors (Lipinski definition) is 4. The highest BCUT2D eigenvalue weighted by molar-refractivity contribution is 5.65. The van der Waals surface area contributed by atoms with E-state index in [9.17, 15) is 0 Å². The predicted molar refractivity (Wildman–Crippen MR) is 91.9 cm³/mol. The van der Waals surface area contributed by atoms with Crippen LogP contribution in [0.4, 0.5) is 5.69 Å². The molecule has 126 valence electrons. The SMILES string of the molecule is CO[C@@H]1OCC=C2CN3CC[C@]45c6ccccc6N[C@H]4[C@H]1[C@H]2C[C@@H]35. The van der Waals surface area contributed by atoms with Gasteiger partial charge < -0.3 is 14.8 Å². The number of ether oxygens (including phenoxy) is 2. The zero-order valence-corrected chi connectivity index (χ0v) is 14.1. The summed E-state index contributed by atoms with van der Waals surface area (Å²) in [6.07, 6.45) is 4.73. The average Bonchev–Trinajstić information content (AvgIpc) is 3.09. The molecule has 3 fully saturated rings. The largest absolute Gasteiger partial charge is 0.381 e. The highest BCUT2D eigenvalue weighted by Gasteiger charge is 2.66. The maximum absolute atomic E-state index is 6.13. The summed E-state index contributed by atoms with van der Waals surface area (Å²) in [6.45, 7) is 3.03. The Labute approximate surface area is 142 Å². The number of nitrogens with one attached hydrogen (secondary N) is 1. The zero-order valence-electron chi connectivity index (χ0n) is 14.1. The summed E-state index contributed by atoms with van der Waals surface area (Å²) in [4.78, 5) is 2.74. The first kappa shape index (κ1) is 13.9. The number of para-hydroxylation sites is 1. The van der Waals surface area contributed by atoms with Gasteiger partial charge in [-0.05, 0) is 36.9 Å². The van der Waals surface area contributed by atoms with E-state index in [0.29, 0.717) is 30.5 Å². The minimum absolute atomic E-state index is 0.111. The van der Waals surface area contributed by atoms with Crippen LogP contribution in [0.3, 0.4) is 0 Å². The van der Waals surface area contributed by atoms with Crippen molar-refractivity contribution in [3.05, 3.63) is 41.5 Å². The Hall–Kier alpha value is -1.36. The molecule has 2 bridgehead atoms.